The van der Waals surface area contributed by atoms with Crippen LogP contribution in [0.1, 0.15) is 23.8 Å². The lowest BCUT2D eigenvalue weighted by atomic mass is 10.2. The first-order valence-electron chi connectivity index (χ1n) is 7.37. The van der Waals surface area contributed by atoms with E-state index in [9.17, 15) is 4.79 Å². The molecular weight excluding hydrogens is 298 g/mol. The predicted molar refractivity (Wildman–Crippen MR) is 86.5 cm³/mol. The minimum absolute atomic E-state index is 0.0479. The zero-order valence-corrected chi connectivity index (χ0v) is 13.3. The maximum absolute atomic E-state index is 12.4. The molecule has 2 heterocycles. The van der Waals surface area contributed by atoms with Gasteiger partial charge in [0.25, 0.3) is 5.91 Å². The van der Waals surface area contributed by atoms with Crippen molar-refractivity contribution in [1.29, 1.82) is 0 Å². The number of hydrogen-bond donors (Lipinski definition) is 0. The molecule has 1 aliphatic rings. The molecule has 0 radical (unpaired) electrons. The minimum atomic E-state index is 0.0479. The van der Waals surface area contributed by atoms with Crippen molar-refractivity contribution in [3.8, 4) is 11.5 Å². The summed E-state index contributed by atoms with van der Waals surface area (Å²) in [5.74, 6) is 1.50. The lowest BCUT2D eigenvalue weighted by Crippen LogP contribution is -2.34. The Hall–Kier alpha value is -2.01. The molecule has 0 N–H and O–H groups in total. The van der Waals surface area contributed by atoms with E-state index in [0.29, 0.717) is 5.75 Å². The van der Waals surface area contributed by atoms with E-state index in [1.165, 1.54) is 4.88 Å². The number of carbonyl (C=O) groups excluding carboxylic acids is 1. The minimum Gasteiger partial charge on any atom is -0.497 e. The number of amides is 1. The average Bonchev–Trinajstić information content (AvgIpc) is 3.23. The first kappa shape index (κ1) is 14.9. The van der Waals surface area contributed by atoms with Crippen molar-refractivity contribution < 1.29 is 14.3 Å². The van der Waals surface area contributed by atoms with E-state index in [0.717, 1.165) is 25.1 Å². The number of thiophene rings is 1. The molecule has 22 heavy (non-hydrogen) atoms. The molecule has 0 bridgehead atoms. The Kier molecular flexibility index (Phi) is 4.63. The number of rotatable bonds is 5. The van der Waals surface area contributed by atoms with E-state index < -0.39 is 0 Å². The lowest BCUT2D eigenvalue weighted by molar-refractivity contribution is -0.134. The summed E-state index contributed by atoms with van der Waals surface area (Å²) >= 11 is 1.71. The number of ether oxygens (including phenoxy) is 2. The Morgan fingerprint density at radius 2 is 2.05 bits per heavy atom. The first-order valence-corrected chi connectivity index (χ1v) is 8.25. The van der Waals surface area contributed by atoms with Gasteiger partial charge in [-0.3, -0.25) is 4.79 Å². The van der Waals surface area contributed by atoms with E-state index in [-0.39, 0.29) is 18.6 Å². The van der Waals surface area contributed by atoms with Gasteiger partial charge in [0.1, 0.15) is 11.5 Å². The van der Waals surface area contributed by atoms with Gasteiger partial charge < -0.3 is 14.4 Å². The number of nitrogens with zero attached hydrogens (tertiary/aromatic N) is 1. The van der Waals surface area contributed by atoms with Gasteiger partial charge >= 0.3 is 0 Å². The van der Waals surface area contributed by atoms with Crippen molar-refractivity contribution in [2.75, 3.05) is 20.3 Å². The molecule has 1 amide bonds. The van der Waals surface area contributed by atoms with Crippen molar-refractivity contribution in [2.24, 2.45) is 0 Å². The number of methoxy groups -OCH3 is 1. The smallest absolute Gasteiger partial charge is 0.261 e. The highest BCUT2D eigenvalue weighted by Crippen LogP contribution is 2.34. The molecule has 1 aromatic heterocycles. The molecule has 4 nitrogen and oxygen atoms in total. The normalized spacial score (nSPS) is 17.5. The number of likely N-dealkylation sites (tertiary alicyclic amines) is 1. The highest BCUT2D eigenvalue weighted by molar-refractivity contribution is 7.10. The van der Waals surface area contributed by atoms with E-state index in [1.807, 2.05) is 35.2 Å². The highest BCUT2D eigenvalue weighted by Gasteiger charge is 2.30. The quantitative estimate of drug-likeness (QED) is 0.847. The van der Waals surface area contributed by atoms with Crippen LogP contribution in [0.2, 0.25) is 0 Å². The van der Waals surface area contributed by atoms with Crippen molar-refractivity contribution >= 4 is 17.2 Å². The molecule has 0 aliphatic carbocycles. The van der Waals surface area contributed by atoms with Crippen LogP contribution in [0, 0.1) is 0 Å². The zero-order chi connectivity index (χ0) is 15.4. The number of benzene rings is 1. The average molecular weight is 317 g/mol. The third-order valence-electron chi connectivity index (χ3n) is 3.87. The summed E-state index contributed by atoms with van der Waals surface area (Å²) in [7, 11) is 1.62. The van der Waals surface area contributed by atoms with Crippen molar-refractivity contribution in [1.82, 2.24) is 4.90 Å². The Morgan fingerprint density at radius 1 is 1.27 bits per heavy atom. The van der Waals surface area contributed by atoms with Gasteiger partial charge in [0.2, 0.25) is 0 Å². The third kappa shape index (κ3) is 3.25. The fraction of sp³-hybridized carbons (Fsp3) is 0.353. The summed E-state index contributed by atoms with van der Waals surface area (Å²) in [4.78, 5) is 15.6. The van der Waals surface area contributed by atoms with Crippen LogP contribution in [0.4, 0.5) is 0 Å². The monoisotopic (exact) mass is 317 g/mol. The summed E-state index contributed by atoms with van der Waals surface area (Å²) in [6.07, 6.45) is 2.09. The molecule has 3 rings (SSSR count). The lowest BCUT2D eigenvalue weighted by Gasteiger charge is -2.24. The summed E-state index contributed by atoms with van der Waals surface area (Å²) in [5, 5.41) is 2.06. The molecule has 1 atom stereocenters. The molecule has 2 aromatic rings. The SMILES string of the molecule is COc1ccc(OCC(=O)N2CCCC2c2cccs2)cc1. The van der Waals surface area contributed by atoms with Crippen LogP contribution >= 0.6 is 11.3 Å². The van der Waals surface area contributed by atoms with Crippen molar-refractivity contribution in [2.45, 2.75) is 18.9 Å². The second-order valence-electron chi connectivity index (χ2n) is 5.22. The number of hydrogen-bond acceptors (Lipinski definition) is 4. The van der Waals surface area contributed by atoms with Gasteiger partial charge in [-0.05, 0) is 48.6 Å². The van der Waals surface area contributed by atoms with Gasteiger partial charge in [0.15, 0.2) is 6.61 Å². The Morgan fingerprint density at radius 3 is 2.73 bits per heavy atom. The highest BCUT2D eigenvalue weighted by atomic mass is 32.1. The van der Waals surface area contributed by atoms with E-state index in [1.54, 1.807) is 18.4 Å². The third-order valence-corrected chi connectivity index (χ3v) is 4.84. The first-order chi connectivity index (χ1) is 10.8. The molecule has 1 aliphatic heterocycles. The van der Waals surface area contributed by atoms with Crippen LogP contribution in [-0.2, 0) is 4.79 Å². The standard InChI is InChI=1S/C17H19NO3S/c1-20-13-6-8-14(9-7-13)21-12-17(19)18-10-2-4-15(18)16-5-3-11-22-16/h3,5-9,11,15H,2,4,10,12H2,1H3. The molecule has 0 spiro atoms. The summed E-state index contributed by atoms with van der Waals surface area (Å²) in [6, 6.07) is 11.6. The van der Waals surface area contributed by atoms with Crippen molar-refractivity contribution in [3.05, 3.63) is 46.7 Å². The Bertz CT molecular complexity index is 609. The Balaban J connectivity index is 1.59. The zero-order valence-electron chi connectivity index (χ0n) is 12.5. The fourth-order valence-electron chi connectivity index (χ4n) is 2.74. The Labute approximate surface area is 134 Å². The van der Waals surface area contributed by atoms with Crippen LogP contribution in [0.25, 0.3) is 0 Å². The topological polar surface area (TPSA) is 38.8 Å². The molecule has 1 aromatic carbocycles. The molecule has 116 valence electrons. The van der Waals surface area contributed by atoms with Gasteiger partial charge in [0.05, 0.1) is 13.2 Å². The summed E-state index contributed by atoms with van der Waals surface area (Å²) in [6.45, 7) is 0.890. The van der Waals surface area contributed by atoms with Gasteiger partial charge in [-0.15, -0.1) is 11.3 Å². The molecule has 1 saturated heterocycles. The van der Waals surface area contributed by atoms with Crippen LogP contribution in [0.15, 0.2) is 41.8 Å². The maximum atomic E-state index is 12.4. The van der Waals surface area contributed by atoms with Crippen LogP contribution in [0.5, 0.6) is 11.5 Å². The summed E-state index contributed by atoms with van der Waals surface area (Å²) < 4.78 is 10.7. The van der Waals surface area contributed by atoms with E-state index in [2.05, 4.69) is 11.4 Å². The molecule has 1 fully saturated rings. The largest absolute Gasteiger partial charge is 0.497 e. The fourth-order valence-corrected chi connectivity index (χ4v) is 3.62. The second-order valence-corrected chi connectivity index (χ2v) is 6.20. The van der Waals surface area contributed by atoms with E-state index >= 15 is 0 Å². The van der Waals surface area contributed by atoms with Gasteiger partial charge in [-0.25, -0.2) is 0 Å². The predicted octanol–water partition coefficient (Wildman–Crippen LogP) is 3.50. The van der Waals surface area contributed by atoms with Gasteiger partial charge in [-0.2, -0.15) is 0 Å². The molecular formula is C17H19NO3S. The second kappa shape index (κ2) is 6.83. The summed E-state index contributed by atoms with van der Waals surface area (Å²) in [5.41, 5.74) is 0. The van der Waals surface area contributed by atoms with E-state index in [4.69, 9.17) is 9.47 Å². The van der Waals surface area contributed by atoms with Crippen LogP contribution in [-0.4, -0.2) is 31.1 Å². The van der Waals surface area contributed by atoms with Crippen molar-refractivity contribution in [3.63, 3.8) is 0 Å². The van der Waals surface area contributed by atoms with Gasteiger partial charge in [-0.1, -0.05) is 6.07 Å². The number of carbonyl (C=O) groups is 1. The molecule has 5 heteroatoms. The molecule has 0 saturated carbocycles. The van der Waals surface area contributed by atoms with Crippen LogP contribution in [0.3, 0.4) is 0 Å². The van der Waals surface area contributed by atoms with Crippen LogP contribution < -0.4 is 9.47 Å². The molecule has 1 unspecified atom stereocenters. The maximum Gasteiger partial charge on any atom is 0.261 e. The van der Waals surface area contributed by atoms with Gasteiger partial charge in [0, 0.05) is 11.4 Å².